The summed E-state index contributed by atoms with van der Waals surface area (Å²) in [5.74, 6) is -0.288. The van der Waals surface area contributed by atoms with E-state index in [-0.39, 0.29) is 23.4 Å². The van der Waals surface area contributed by atoms with Crippen LogP contribution in [0.5, 0.6) is 0 Å². The number of hydrogen-bond acceptors (Lipinski definition) is 5. The molecule has 1 atom stereocenters. The van der Waals surface area contributed by atoms with Crippen LogP contribution < -0.4 is 15.5 Å². The Labute approximate surface area is 169 Å². The van der Waals surface area contributed by atoms with Gasteiger partial charge in [0.05, 0.1) is 0 Å². The largest absolute Gasteiger partial charge is 0.446 e. The van der Waals surface area contributed by atoms with Crippen molar-refractivity contribution < 1.29 is 14.0 Å². The normalized spacial score (nSPS) is 11.6. The summed E-state index contributed by atoms with van der Waals surface area (Å²) in [6.07, 6.45) is 1.81. The first-order valence-corrected chi connectivity index (χ1v) is 9.27. The lowest BCUT2D eigenvalue weighted by Gasteiger charge is -2.14. The fourth-order valence-corrected chi connectivity index (χ4v) is 2.90. The van der Waals surface area contributed by atoms with Gasteiger partial charge in [-0.1, -0.05) is 36.4 Å². The van der Waals surface area contributed by atoms with Crippen LogP contribution in [0.2, 0.25) is 0 Å². The predicted octanol–water partition coefficient (Wildman–Crippen LogP) is 3.41. The van der Waals surface area contributed by atoms with Crippen molar-refractivity contribution in [2.24, 2.45) is 0 Å². The van der Waals surface area contributed by atoms with Gasteiger partial charge in [-0.15, -0.1) is 0 Å². The van der Waals surface area contributed by atoms with Crippen molar-refractivity contribution >= 4 is 23.2 Å². The van der Waals surface area contributed by atoms with Gasteiger partial charge in [0.2, 0.25) is 11.8 Å². The molecule has 3 aromatic rings. The van der Waals surface area contributed by atoms with E-state index >= 15 is 0 Å². The molecule has 0 fully saturated rings. The molecule has 29 heavy (non-hydrogen) atoms. The number of benzene rings is 2. The van der Waals surface area contributed by atoms with E-state index < -0.39 is 6.04 Å². The van der Waals surface area contributed by atoms with Crippen LogP contribution in [-0.2, 0) is 11.2 Å². The number of rotatable bonds is 7. The van der Waals surface area contributed by atoms with Crippen molar-refractivity contribution in [1.29, 1.82) is 0 Å². The van der Waals surface area contributed by atoms with Crippen LogP contribution in [-0.4, -0.2) is 30.9 Å². The molecule has 0 bridgehead atoms. The number of nitrogens with zero attached hydrogens (tertiary/aromatic N) is 2. The molecule has 2 amide bonds. The summed E-state index contributed by atoms with van der Waals surface area (Å²) in [7, 11) is 3.86. The highest BCUT2D eigenvalue weighted by Gasteiger charge is 2.21. The van der Waals surface area contributed by atoms with Crippen LogP contribution >= 0.6 is 0 Å². The molecular weight excluding hydrogens is 368 g/mol. The molecule has 1 aromatic heterocycles. The standard InChI is InChI=1S/C22H24N4O3/c1-15(27)23-19(12-16-8-5-4-6-9-16)22-25-20(14-29-22)21(28)24-17-10-7-11-18(13-17)26(2)3/h4-11,13-14,19H,12H2,1-3H3,(H,23,27)(H,24,28)/t19-/m1/s1. The van der Waals surface area contributed by atoms with Crippen molar-refractivity contribution in [3.05, 3.63) is 78.0 Å². The van der Waals surface area contributed by atoms with E-state index in [0.29, 0.717) is 12.1 Å². The molecule has 3 rings (SSSR count). The second-order valence-electron chi connectivity index (χ2n) is 6.91. The number of carbonyl (C=O) groups is 2. The highest BCUT2D eigenvalue weighted by Crippen LogP contribution is 2.20. The molecule has 7 nitrogen and oxygen atoms in total. The Morgan fingerprint density at radius 2 is 1.86 bits per heavy atom. The SMILES string of the molecule is CC(=O)N[C@H](Cc1ccccc1)c1nc(C(=O)Nc2cccc(N(C)C)c2)co1. The van der Waals surface area contributed by atoms with Gasteiger partial charge < -0.3 is 20.0 Å². The topological polar surface area (TPSA) is 87.5 Å². The van der Waals surface area contributed by atoms with E-state index in [1.54, 1.807) is 6.07 Å². The quantitative estimate of drug-likeness (QED) is 0.643. The monoisotopic (exact) mass is 392 g/mol. The molecule has 0 saturated carbocycles. The molecule has 7 heteroatoms. The maximum absolute atomic E-state index is 12.6. The van der Waals surface area contributed by atoms with Crippen LogP contribution in [0.1, 0.15) is 34.9 Å². The van der Waals surface area contributed by atoms with Crippen LogP contribution in [0.15, 0.2) is 65.3 Å². The van der Waals surface area contributed by atoms with Crippen molar-refractivity contribution in [1.82, 2.24) is 10.3 Å². The lowest BCUT2D eigenvalue weighted by Crippen LogP contribution is -2.28. The first kappa shape index (κ1) is 20.1. The van der Waals surface area contributed by atoms with Crippen LogP contribution in [0.4, 0.5) is 11.4 Å². The molecule has 150 valence electrons. The zero-order valence-corrected chi connectivity index (χ0v) is 16.7. The Kier molecular flexibility index (Phi) is 6.29. The minimum Gasteiger partial charge on any atom is -0.446 e. The average molecular weight is 392 g/mol. The fraction of sp³-hybridized carbons (Fsp3) is 0.227. The second-order valence-corrected chi connectivity index (χ2v) is 6.91. The molecule has 0 aliphatic heterocycles. The van der Waals surface area contributed by atoms with Gasteiger partial charge in [0.15, 0.2) is 5.69 Å². The Morgan fingerprint density at radius 1 is 1.10 bits per heavy atom. The zero-order chi connectivity index (χ0) is 20.8. The predicted molar refractivity (Wildman–Crippen MR) is 112 cm³/mol. The van der Waals surface area contributed by atoms with Crippen molar-refractivity contribution in [3.8, 4) is 0 Å². The van der Waals surface area contributed by atoms with E-state index in [1.807, 2.05) is 67.5 Å². The van der Waals surface area contributed by atoms with Gasteiger partial charge in [-0.3, -0.25) is 9.59 Å². The molecule has 0 aliphatic carbocycles. The molecule has 2 aromatic carbocycles. The van der Waals surface area contributed by atoms with E-state index in [1.165, 1.54) is 13.2 Å². The van der Waals surface area contributed by atoms with Gasteiger partial charge in [-0.05, 0) is 23.8 Å². The maximum atomic E-state index is 12.6. The Balaban J connectivity index is 1.75. The average Bonchev–Trinajstić information content (AvgIpc) is 3.18. The zero-order valence-electron chi connectivity index (χ0n) is 16.7. The molecule has 0 radical (unpaired) electrons. The van der Waals surface area contributed by atoms with Crippen molar-refractivity contribution in [2.75, 3.05) is 24.3 Å². The summed E-state index contributed by atoms with van der Waals surface area (Å²) in [5.41, 5.74) is 2.81. The molecular formula is C22H24N4O3. The van der Waals surface area contributed by atoms with E-state index in [2.05, 4.69) is 15.6 Å². The Morgan fingerprint density at radius 3 is 2.55 bits per heavy atom. The summed E-state index contributed by atoms with van der Waals surface area (Å²) in [6.45, 7) is 1.44. The second kappa shape index (κ2) is 9.05. The smallest absolute Gasteiger partial charge is 0.277 e. The summed E-state index contributed by atoms with van der Waals surface area (Å²) in [6, 6.07) is 16.7. The minimum absolute atomic E-state index is 0.152. The summed E-state index contributed by atoms with van der Waals surface area (Å²) in [5, 5.41) is 5.65. The number of hydrogen-bond donors (Lipinski definition) is 2. The Hall–Kier alpha value is -3.61. The lowest BCUT2D eigenvalue weighted by molar-refractivity contribution is -0.119. The number of carbonyl (C=O) groups excluding carboxylic acids is 2. The number of oxazole rings is 1. The molecule has 2 N–H and O–H groups in total. The highest BCUT2D eigenvalue weighted by molar-refractivity contribution is 6.02. The molecule has 1 heterocycles. The molecule has 0 saturated heterocycles. The third kappa shape index (κ3) is 5.44. The van der Waals surface area contributed by atoms with Gasteiger partial charge in [0, 0.05) is 38.8 Å². The first-order chi connectivity index (χ1) is 13.9. The van der Waals surface area contributed by atoms with Crippen molar-refractivity contribution in [3.63, 3.8) is 0 Å². The van der Waals surface area contributed by atoms with Gasteiger partial charge in [0.25, 0.3) is 5.91 Å². The Bertz CT molecular complexity index is 982. The third-order valence-corrected chi connectivity index (χ3v) is 4.33. The number of amides is 2. The van der Waals surface area contributed by atoms with Crippen LogP contribution in [0, 0.1) is 0 Å². The van der Waals surface area contributed by atoms with Gasteiger partial charge >= 0.3 is 0 Å². The fourth-order valence-electron chi connectivity index (χ4n) is 2.90. The van der Waals surface area contributed by atoms with Gasteiger partial charge in [0.1, 0.15) is 12.3 Å². The minimum atomic E-state index is -0.464. The molecule has 0 aliphatic rings. The number of anilines is 2. The number of nitrogens with one attached hydrogen (secondary N) is 2. The third-order valence-electron chi connectivity index (χ3n) is 4.33. The van der Waals surface area contributed by atoms with Gasteiger partial charge in [-0.2, -0.15) is 0 Å². The van der Waals surface area contributed by atoms with Gasteiger partial charge in [-0.25, -0.2) is 4.98 Å². The first-order valence-electron chi connectivity index (χ1n) is 9.27. The summed E-state index contributed by atoms with van der Waals surface area (Å²) in [4.78, 5) is 30.5. The lowest BCUT2D eigenvalue weighted by atomic mass is 10.1. The number of aromatic nitrogens is 1. The summed E-state index contributed by atoms with van der Waals surface area (Å²) >= 11 is 0. The maximum Gasteiger partial charge on any atom is 0.277 e. The molecule has 0 unspecified atom stereocenters. The van der Waals surface area contributed by atoms with E-state index in [4.69, 9.17) is 4.42 Å². The summed E-state index contributed by atoms with van der Waals surface area (Å²) < 4.78 is 5.53. The van der Waals surface area contributed by atoms with E-state index in [9.17, 15) is 9.59 Å². The van der Waals surface area contributed by atoms with Crippen molar-refractivity contribution in [2.45, 2.75) is 19.4 Å². The van der Waals surface area contributed by atoms with Crippen LogP contribution in [0.3, 0.4) is 0 Å². The highest BCUT2D eigenvalue weighted by atomic mass is 16.3. The van der Waals surface area contributed by atoms with Crippen LogP contribution in [0.25, 0.3) is 0 Å². The van der Waals surface area contributed by atoms with E-state index in [0.717, 1.165) is 11.3 Å². The molecule has 0 spiro atoms.